The van der Waals surface area contributed by atoms with Gasteiger partial charge in [0.25, 0.3) is 0 Å². The summed E-state index contributed by atoms with van der Waals surface area (Å²) in [5, 5.41) is 6.12. The van der Waals surface area contributed by atoms with E-state index in [1.807, 2.05) is 45.9 Å². The molecule has 1 aromatic carbocycles. The van der Waals surface area contributed by atoms with E-state index in [0.717, 1.165) is 61.6 Å². The first kappa shape index (κ1) is 32.6. The Hall–Kier alpha value is -2.57. The van der Waals surface area contributed by atoms with Crippen molar-refractivity contribution in [2.75, 3.05) is 6.54 Å². The number of carbonyl (C=O) groups is 3. The average molecular weight is 544 g/mol. The van der Waals surface area contributed by atoms with Crippen molar-refractivity contribution in [1.82, 2.24) is 15.5 Å². The highest BCUT2D eigenvalue weighted by Gasteiger charge is 2.37. The van der Waals surface area contributed by atoms with Crippen LogP contribution >= 0.6 is 0 Å². The lowest BCUT2D eigenvalue weighted by molar-refractivity contribution is -0.143. The fourth-order valence-electron chi connectivity index (χ4n) is 5.18. The summed E-state index contributed by atoms with van der Waals surface area (Å²) in [7, 11) is 0. The van der Waals surface area contributed by atoms with Gasteiger partial charge in [-0.3, -0.25) is 9.59 Å². The largest absolute Gasteiger partial charge is 0.444 e. The first-order valence-corrected chi connectivity index (χ1v) is 15.0. The van der Waals surface area contributed by atoms with Crippen LogP contribution in [0.15, 0.2) is 18.2 Å². The lowest BCUT2D eigenvalue weighted by Gasteiger charge is -2.36. The summed E-state index contributed by atoms with van der Waals surface area (Å²) in [5.41, 5.74) is 2.34. The fourth-order valence-corrected chi connectivity index (χ4v) is 5.18. The predicted octanol–water partition coefficient (Wildman–Crippen LogP) is 6.75. The summed E-state index contributed by atoms with van der Waals surface area (Å²) < 4.78 is 5.50. The summed E-state index contributed by atoms with van der Waals surface area (Å²) in [6, 6.07) is 4.57. The van der Waals surface area contributed by atoms with Gasteiger partial charge in [-0.15, -0.1) is 0 Å². The van der Waals surface area contributed by atoms with Gasteiger partial charge in [0.1, 0.15) is 17.7 Å². The highest BCUT2D eigenvalue weighted by atomic mass is 16.6. The first-order chi connectivity index (χ1) is 18.3. The Labute approximate surface area is 236 Å². The molecule has 0 radical (unpaired) electrons. The Kier molecular flexibility index (Phi) is 12.8. The van der Waals surface area contributed by atoms with E-state index in [2.05, 4.69) is 17.6 Å². The Bertz CT molecular complexity index is 947. The molecule has 3 amide bonds. The molecule has 1 aliphatic rings. The summed E-state index contributed by atoms with van der Waals surface area (Å²) in [6.45, 7) is 16.1. The Morgan fingerprint density at radius 3 is 2.26 bits per heavy atom. The quantitative estimate of drug-likeness (QED) is 0.285. The first-order valence-electron chi connectivity index (χ1n) is 15.0. The number of carbonyl (C=O) groups excluding carboxylic acids is 3. The van der Waals surface area contributed by atoms with Gasteiger partial charge in [0.05, 0.1) is 0 Å². The minimum atomic E-state index is -0.794. The Balaban J connectivity index is 2.49. The van der Waals surface area contributed by atoms with Crippen molar-refractivity contribution in [3.8, 4) is 0 Å². The van der Waals surface area contributed by atoms with E-state index >= 15 is 0 Å². The molecule has 39 heavy (non-hydrogen) atoms. The van der Waals surface area contributed by atoms with Crippen LogP contribution in [0.2, 0.25) is 0 Å². The van der Waals surface area contributed by atoms with Crippen molar-refractivity contribution >= 4 is 17.9 Å². The second-order valence-electron chi connectivity index (χ2n) is 12.7. The van der Waals surface area contributed by atoms with E-state index in [1.165, 1.54) is 6.42 Å². The number of aryl methyl sites for hydroxylation is 2. The monoisotopic (exact) mass is 543 g/mol. The van der Waals surface area contributed by atoms with E-state index < -0.39 is 23.8 Å². The van der Waals surface area contributed by atoms with E-state index in [9.17, 15) is 14.4 Å². The molecule has 2 atom stereocenters. The molecule has 220 valence electrons. The molecular formula is C32H53N3O4. The Morgan fingerprint density at radius 2 is 1.69 bits per heavy atom. The second kappa shape index (κ2) is 15.3. The molecule has 0 bridgehead atoms. The summed E-state index contributed by atoms with van der Waals surface area (Å²) in [6.07, 6.45) is 7.89. The van der Waals surface area contributed by atoms with E-state index in [-0.39, 0.29) is 23.8 Å². The van der Waals surface area contributed by atoms with Gasteiger partial charge in [-0.1, -0.05) is 71.1 Å². The summed E-state index contributed by atoms with van der Waals surface area (Å²) in [5.74, 6) is -0.231. The van der Waals surface area contributed by atoms with Gasteiger partial charge in [-0.25, -0.2) is 4.79 Å². The molecule has 7 nitrogen and oxygen atoms in total. The number of nitrogens with one attached hydrogen (secondary N) is 2. The van der Waals surface area contributed by atoms with Crippen LogP contribution in [0.5, 0.6) is 0 Å². The summed E-state index contributed by atoms with van der Waals surface area (Å²) >= 11 is 0. The van der Waals surface area contributed by atoms with Gasteiger partial charge in [-0.05, 0) is 82.9 Å². The molecule has 2 N–H and O–H groups in total. The molecule has 1 aromatic rings. The molecule has 1 fully saturated rings. The molecule has 1 saturated carbocycles. The zero-order valence-corrected chi connectivity index (χ0v) is 25.7. The molecule has 2 rings (SSSR count). The lowest BCUT2D eigenvalue weighted by atomic mass is 9.93. The number of benzene rings is 1. The maximum atomic E-state index is 14.3. The van der Waals surface area contributed by atoms with Gasteiger partial charge >= 0.3 is 6.09 Å². The average Bonchev–Trinajstić information content (AvgIpc) is 2.84. The SMILES string of the molecule is CCCCCN(C(=O)C(CC(C)C)NC(=O)OC(C)(C)C)C(C(=O)NC1CCCCC1)c1ccc(C)c(C)c1. The highest BCUT2D eigenvalue weighted by Crippen LogP contribution is 2.28. The third-order valence-corrected chi connectivity index (χ3v) is 7.34. The molecule has 0 aromatic heterocycles. The number of unbranched alkanes of at least 4 members (excludes halogenated alkanes) is 2. The Morgan fingerprint density at radius 1 is 1.03 bits per heavy atom. The maximum Gasteiger partial charge on any atom is 0.408 e. The number of hydrogen-bond acceptors (Lipinski definition) is 4. The van der Waals surface area contributed by atoms with Crippen LogP contribution in [-0.4, -0.2) is 47.0 Å². The highest BCUT2D eigenvalue weighted by molar-refractivity contribution is 5.92. The van der Waals surface area contributed by atoms with Crippen LogP contribution in [0.3, 0.4) is 0 Å². The van der Waals surface area contributed by atoms with Crippen LogP contribution in [0.1, 0.15) is 122 Å². The minimum absolute atomic E-state index is 0.124. The van der Waals surface area contributed by atoms with Crippen molar-refractivity contribution in [3.63, 3.8) is 0 Å². The van der Waals surface area contributed by atoms with Crippen LogP contribution in [0.25, 0.3) is 0 Å². The third-order valence-electron chi connectivity index (χ3n) is 7.34. The van der Waals surface area contributed by atoms with Gasteiger partial charge in [-0.2, -0.15) is 0 Å². The zero-order chi connectivity index (χ0) is 29.2. The molecule has 0 heterocycles. The number of ether oxygens (including phenoxy) is 1. The maximum absolute atomic E-state index is 14.3. The minimum Gasteiger partial charge on any atom is -0.444 e. The molecule has 2 unspecified atom stereocenters. The number of alkyl carbamates (subject to hydrolysis) is 1. The lowest BCUT2D eigenvalue weighted by Crippen LogP contribution is -2.54. The number of amides is 3. The van der Waals surface area contributed by atoms with Crippen molar-refractivity contribution in [2.45, 2.75) is 137 Å². The number of nitrogens with zero attached hydrogens (tertiary/aromatic N) is 1. The van der Waals surface area contributed by atoms with Crippen LogP contribution in [0.4, 0.5) is 4.79 Å². The van der Waals surface area contributed by atoms with E-state index in [0.29, 0.717) is 13.0 Å². The second-order valence-corrected chi connectivity index (χ2v) is 12.7. The van der Waals surface area contributed by atoms with Crippen LogP contribution in [-0.2, 0) is 14.3 Å². The number of rotatable bonds is 12. The molecule has 1 aliphatic carbocycles. The normalized spacial score (nSPS) is 15.9. The topological polar surface area (TPSA) is 87.7 Å². The van der Waals surface area contributed by atoms with Crippen LogP contribution in [0, 0.1) is 19.8 Å². The zero-order valence-electron chi connectivity index (χ0n) is 25.7. The molecular weight excluding hydrogens is 490 g/mol. The standard InChI is InChI=1S/C32H53N3O4/c1-9-10-14-19-35(30(37)27(20-22(2)3)34-31(38)39-32(6,7)8)28(25-18-17-23(4)24(5)21-25)29(36)33-26-15-12-11-13-16-26/h17-18,21-22,26-28H,9-16,19-20H2,1-8H3,(H,33,36)(H,34,38). The van der Waals surface area contributed by atoms with Crippen molar-refractivity contribution in [3.05, 3.63) is 34.9 Å². The van der Waals surface area contributed by atoms with Gasteiger partial charge in [0, 0.05) is 12.6 Å². The van der Waals surface area contributed by atoms with E-state index in [1.54, 1.807) is 25.7 Å². The van der Waals surface area contributed by atoms with Crippen LogP contribution < -0.4 is 10.6 Å². The molecule has 0 spiro atoms. The predicted molar refractivity (Wildman–Crippen MR) is 158 cm³/mol. The molecule has 7 heteroatoms. The number of hydrogen-bond donors (Lipinski definition) is 2. The fraction of sp³-hybridized carbons (Fsp3) is 0.719. The molecule has 0 saturated heterocycles. The van der Waals surface area contributed by atoms with Crippen molar-refractivity contribution < 1.29 is 19.1 Å². The van der Waals surface area contributed by atoms with Gasteiger partial charge in [0.2, 0.25) is 11.8 Å². The summed E-state index contributed by atoms with van der Waals surface area (Å²) in [4.78, 5) is 42.8. The third kappa shape index (κ3) is 10.8. The smallest absolute Gasteiger partial charge is 0.408 e. The molecule has 0 aliphatic heterocycles. The van der Waals surface area contributed by atoms with E-state index in [4.69, 9.17) is 4.74 Å². The van der Waals surface area contributed by atoms with Crippen molar-refractivity contribution in [2.24, 2.45) is 5.92 Å². The van der Waals surface area contributed by atoms with Crippen molar-refractivity contribution in [1.29, 1.82) is 0 Å². The van der Waals surface area contributed by atoms with Gasteiger partial charge in [0.15, 0.2) is 0 Å². The van der Waals surface area contributed by atoms with Gasteiger partial charge < -0.3 is 20.3 Å².